The molecule has 0 spiro atoms. The van der Waals surface area contributed by atoms with Gasteiger partial charge in [-0.2, -0.15) is 0 Å². The van der Waals surface area contributed by atoms with Crippen LogP contribution in [0.1, 0.15) is 19.4 Å². The van der Waals surface area contributed by atoms with Crippen molar-refractivity contribution < 1.29 is 13.2 Å². The Kier molecular flexibility index (Phi) is 5.98. The molecule has 0 amide bonds. The van der Waals surface area contributed by atoms with Crippen LogP contribution < -0.4 is 10.0 Å². The molecule has 0 saturated carbocycles. The topological polar surface area (TPSA) is 67.4 Å². The molecule has 0 aliphatic heterocycles. The lowest BCUT2D eigenvalue weighted by Gasteiger charge is -2.23. The van der Waals surface area contributed by atoms with E-state index in [1.54, 1.807) is 26.2 Å². The van der Waals surface area contributed by atoms with Crippen molar-refractivity contribution in [3.05, 3.63) is 23.8 Å². The lowest BCUT2D eigenvalue weighted by molar-refractivity contribution is 0.171. The molecule has 2 N–H and O–H groups in total. The number of nitrogens with one attached hydrogen (secondary N) is 2. The van der Waals surface area contributed by atoms with Crippen LogP contribution in [0.25, 0.3) is 0 Å². The molecule has 0 heterocycles. The third kappa shape index (κ3) is 4.19. The molecule has 1 aromatic carbocycles. The fourth-order valence-electron chi connectivity index (χ4n) is 1.88. The molecule has 1 rings (SSSR count). The van der Waals surface area contributed by atoms with Crippen molar-refractivity contribution in [2.24, 2.45) is 5.92 Å². The highest BCUT2D eigenvalue weighted by Crippen LogP contribution is 2.21. The molecular formula is C14H24N2O3S. The van der Waals surface area contributed by atoms with Gasteiger partial charge in [0.15, 0.2) is 0 Å². The van der Waals surface area contributed by atoms with Gasteiger partial charge in [-0.05, 0) is 37.6 Å². The van der Waals surface area contributed by atoms with Crippen molar-refractivity contribution in [1.82, 2.24) is 4.72 Å². The SMILES string of the molecule is CNS(=O)(=O)c1cc(NC(COC)C(C)C)ccc1C. The van der Waals surface area contributed by atoms with Crippen LogP contribution in [0.3, 0.4) is 0 Å². The molecule has 0 aromatic heterocycles. The fourth-order valence-corrected chi connectivity index (χ4v) is 2.88. The fraction of sp³-hybridized carbons (Fsp3) is 0.571. The zero-order valence-corrected chi connectivity index (χ0v) is 13.5. The summed E-state index contributed by atoms with van der Waals surface area (Å²) < 4.78 is 31.4. The predicted molar refractivity (Wildman–Crippen MR) is 81.5 cm³/mol. The minimum Gasteiger partial charge on any atom is -0.383 e. The van der Waals surface area contributed by atoms with Crippen molar-refractivity contribution in [1.29, 1.82) is 0 Å². The second-order valence-corrected chi connectivity index (χ2v) is 6.99. The Bertz CT molecular complexity index is 541. The molecule has 1 aromatic rings. The number of methoxy groups -OCH3 is 1. The lowest BCUT2D eigenvalue weighted by atomic mass is 10.0. The Morgan fingerprint density at radius 3 is 2.45 bits per heavy atom. The van der Waals surface area contributed by atoms with Crippen LogP contribution in [0.2, 0.25) is 0 Å². The van der Waals surface area contributed by atoms with Crippen molar-refractivity contribution in [2.75, 3.05) is 26.1 Å². The average Bonchev–Trinajstić information content (AvgIpc) is 2.40. The Morgan fingerprint density at radius 2 is 1.95 bits per heavy atom. The Hall–Kier alpha value is -1.11. The van der Waals surface area contributed by atoms with E-state index in [9.17, 15) is 8.42 Å². The highest BCUT2D eigenvalue weighted by Gasteiger charge is 2.17. The third-order valence-corrected chi connectivity index (χ3v) is 4.81. The monoisotopic (exact) mass is 300 g/mol. The van der Waals surface area contributed by atoms with Crippen LogP contribution in [0.5, 0.6) is 0 Å². The normalized spacial score (nSPS) is 13.5. The number of hydrogen-bond acceptors (Lipinski definition) is 4. The summed E-state index contributed by atoms with van der Waals surface area (Å²) in [6.07, 6.45) is 0. The van der Waals surface area contributed by atoms with E-state index in [0.717, 1.165) is 11.3 Å². The Balaban J connectivity index is 3.07. The molecule has 0 bridgehead atoms. The maximum absolute atomic E-state index is 12.0. The zero-order valence-electron chi connectivity index (χ0n) is 12.7. The summed E-state index contributed by atoms with van der Waals surface area (Å²) in [5, 5.41) is 3.33. The largest absolute Gasteiger partial charge is 0.383 e. The molecule has 0 radical (unpaired) electrons. The van der Waals surface area contributed by atoms with Crippen LogP contribution in [0, 0.1) is 12.8 Å². The maximum Gasteiger partial charge on any atom is 0.240 e. The first kappa shape index (κ1) is 16.9. The molecule has 0 fully saturated rings. The van der Waals surface area contributed by atoms with Gasteiger partial charge in [-0.1, -0.05) is 19.9 Å². The highest BCUT2D eigenvalue weighted by molar-refractivity contribution is 7.89. The standard InChI is InChI=1S/C14H24N2O3S/c1-10(2)13(9-19-5)16-12-7-6-11(3)14(8-12)20(17,18)15-4/h6-8,10,13,15-16H,9H2,1-5H3. The van der Waals surface area contributed by atoms with Crippen molar-refractivity contribution >= 4 is 15.7 Å². The van der Waals surface area contributed by atoms with Gasteiger partial charge in [-0.15, -0.1) is 0 Å². The molecule has 114 valence electrons. The van der Waals surface area contributed by atoms with E-state index >= 15 is 0 Å². The van der Waals surface area contributed by atoms with Crippen molar-refractivity contribution in [3.63, 3.8) is 0 Å². The zero-order chi connectivity index (χ0) is 15.3. The summed E-state index contributed by atoms with van der Waals surface area (Å²) in [6.45, 7) is 6.54. The van der Waals surface area contributed by atoms with Crippen molar-refractivity contribution in [2.45, 2.75) is 31.7 Å². The van der Waals surface area contributed by atoms with Gasteiger partial charge in [0.2, 0.25) is 10.0 Å². The quantitative estimate of drug-likeness (QED) is 0.808. The minimum atomic E-state index is -3.44. The van der Waals surface area contributed by atoms with Crippen LogP contribution in [-0.2, 0) is 14.8 Å². The molecule has 1 unspecified atom stereocenters. The van der Waals surface area contributed by atoms with E-state index in [-0.39, 0.29) is 6.04 Å². The number of hydrogen-bond donors (Lipinski definition) is 2. The third-order valence-electron chi connectivity index (χ3n) is 3.25. The van der Waals surface area contributed by atoms with E-state index in [4.69, 9.17) is 4.74 Å². The molecule has 0 aliphatic carbocycles. The second kappa shape index (κ2) is 7.06. The number of ether oxygens (including phenoxy) is 1. The molecule has 6 heteroatoms. The first-order valence-corrected chi connectivity index (χ1v) is 8.09. The minimum absolute atomic E-state index is 0.132. The van der Waals surface area contributed by atoms with Gasteiger partial charge >= 0.3 is 0 Å². The smallest absolute Gasteiger partial charge is 0.240 e. The molecular weight excluding hydrogens is 276 g/mol. The second-order valence-electron chi connectivity index (χ2n) is 5.14. The van der Waals surface area contributed by atoms with Crippen LogP contribution in [-0.4, -0.2) is 35.2 Å². The van der Waals surface area contributed by atoms with Gasteiger partial charge < -0.3 is 10.1 Å². The maximum atomic E-state index is 12.0. The lowest BCUT2D eigenvalue weighted by Crippen LogP contribution is -2.30. The number of benzene rings is 1. The summed E-state index contributed by atoms with van der Waals surface area (Å²) in [7, 11) is -0.372. The van der Waals surface area contributed by atoms with Gasteiger partial charge in [0.1, 0.15) is 0 Å². The van der Waals surface area contributed by atoms with Gasteiger partial charge in [-0.25, -0.2) is 13.1 Å². The molecule has 0 saturated heterocycles. The van der Waals surface area contributed by atoms with Crippen LogP contribution in [0.15, 0.2) is 23.1 Å². The van der Waals surface area contributed by atoms with Crippen LogP contribution in [0.4, 0.5) is 5.69 Å². The first-order valence-electron chi connectivity index (χ1n) is 6.61. The summed E-state index contributed by atoms with van der Waals surface area (Å²) in [6, 6.07) is 5.48. The van der Waals surface area contributed by atoms with E-state index in [2.05, 4.69) is 23.9 Å². The number of anilines is 1. The van der Waals surface area contributed by atoms with E-state index in [1.807, 2.05) is 6.07 Å². The van der Waals surface area contributed by atoms with Gasteiger partial charge in [0.05, 0.1) is 17.5 Å². The van der Waals surface area contributed by atoms with E-state index < -0.39 is 10.0 Å². The summed E-state index contributed by atoms with van der Waals surface area (Å²) >= 11 is 0. The van der Waals surface area contributed by atoms with Gasteiger partial charge in [-0.3, -0.25) is 0 Å². The highest BCUT2D eigenvalue weighted by atomic mass is 32.2. The van der Waals surface area contributed by atoms with Gasteiger partial charge in [0.25, 0.3) is 0 Å². The summed E-state index contributed by atoms with van der Waals surface area (Å²) in [4.78, 5) is 0.296. The Labute approximate surface area is 121 Å². The Morgan fingerprint density at radius 1 is 1.30 bits per heavy atom. The van der Waals surface area contributed by atoms with E-state index in [1.165, 1.54) is 7.05 Å². The summed E-state index contributed by atoms with van der Waals surface area (Å²) in [5.74, 6) is 0.376. The van der Waals surface area contributed by atoms with Crippen LogP contribution >= 0.6 is 0 Å². The molecule has 5 nitrogen and oxygen atoms in total. The average molecular weight is 300 g/mol. The molecule has 20 heavy (non-hydrogen) atoms. The molecule has 1 atom stereocenters. The van der Waals surface area contributed by atoms with E-state index in [0.29, 0.717) is 17.4 Å². The molecule has 0 aliphatic rings. The predicted octanol–water partition coefficient (Wildman–Crippen LogP) is 1.99. The number of rotatable bonds is 7. The van der Waals surface area contributed by atoms with Gasteiger partial charge in [0, 0.05) is 12.8 Å². The first-order chi connectivity index (χ1) is 9.31. The number of aryl methyl sites for hydroxylation is 1. The number of sulfonamides is 1. The van der Waals surface area contributed by atoms with Crippen molar-refractivity contribution in [3.8, 4) is 0 Å². The summed E-state index contributed by atoms with van der Waals surface area (Å²) in [5.41, 5.74) is 1.50.